The summed E-state index contributed by atoms with van der Waals surface area (Å²) in [6.07, 6.45) is 0.637. The molecule has 2 rings (SSSR count). The fraction of sp³-hybridized carbons (Fsp3) is 0.533. The highest BCUT2D eigenvalue weighted by Crippen LogP contribution is 2.27. The molecule has 0 saturated carbocycles. The fourth-order valence-corrected chi connectivity index (χ4v) is 2.38. The van der Waals surface area contributed by atoms with E-state index in [4.69, 9.17) is 9.47 Å². The number of carboxylic acid groups (broad SMARTS) is 1. The maximum absolute atomic E-state index is 11.4. The van der Waals surface area contributed by atoms with Crippen LogP contribution in [0.2, 0.25) is 0 Å². The molecule has 0 aromatic heterocycles. The van der Waals surface area contributed by atoms with Crippen LogP contribution in [0.1, 0.15) is 25.8 Å². The first-order valence-corrected chi connectivity index (χ1v) is 6.68. The minimum absolute atomic E-state index is 0.176. The molecule has 0 aliphatic carbocycles. The van der Waals surface area contributed by atoms with Gasteiger partial charge in [-0.25, -0.2) is 0 Å². The molecule has 20 heavy (non-hydrogen) atoms. The maximum atomic E-state index is 11.4. The van der Waals surface area contributed by atoms with Crippen molar-refractivity contribution in [1.29, 1.82) is 0 Å². The Hall–Kier alpha value is -1.59. The first kappa shape index (κ1) is 14.8. The van der Waals surface area contributed by atoms with E-state index in [0.29, 0.717) is 19.4 Å². The standard InChI is InChI=1S/C15H20O5/c1-15(2)19-9-13(20-15)8-11(14(17)18)7-10-3-5-12(16)6-4-10/h3-6,11,13,16H,7-9H2,1-2H3,(H,17,18)/t11-,13?/m0/s1. The summed E-state index contributed by atoms with van der Waals surface area (Å²) in [4.78, 5) is 11.4. The van der Waals surface area contributed by atoms with Crippen LogP contribution in [0.3, 0.4) is 0 Å². The summed E-state index contributed by atoms with van der Waals surface area (Å²) >= 11 is 0. The van der Waals surface area contributed by atoms with E-state index in [2.05, 4.69) is 0 Å². The van der Waals surface area contributed by atoms with Crippen molar-refractivity contribution in [3.63, 3.8) is 0 Å². The highest BCUT2D eigenvalue weighted by Gasteiger charge is 2.35. The average molecular weight is 280 g/mol. The summed E-state index contributed by atoms with van der Waals surface area (Å²) in [5, 5.41) is 18.6. The zero-order chi connectivity index (χ0) is 14.8. The Balaban J connectivity index is 1.97. The second-order valence-electron chi connectivity index (χ2n) is 5.59. The van der Waals surface area contributed by atoms with E-state index in [1.165, 1.54) is 0 Å². The van der Waals surface area contributed by atoms with Gasteiger partial charge in [0, 0.05) is 0 Å². The van der Waals surface area contributed by atoms with Crippen molar-refractivity contribution in [2.75, 3.05) is 6.61 Å². The first-order chi connectivity index (χ1) is 9.35. The molecule has 0 spiro atoms. The lowest BCUT2D eigenvalue weighted by Gasteiger charge is -2.19. The number of aromatic hydroxyl groups is 1. The number of rotatable bonds is 5. The topological polar surface area (TPSA) is 76.0 Å². The van der Waals surface area contributed by atoms with Gasteiger partial charge in [0.15, 0.2) is 5.79 Å². The Morgan fingerprint density at radius 3 is 2.55 bits per heavy atom. The number of benzene rings is 1. The number of ether oxygens (including phenoxy) is 2. The number of hydrogen-bond acceptors (Lipinski definition) is 4. The lowest BCUT2D eigenvalue weighted by molar-refractivity contribution is -0.149. The summed E-state index contributed by atoms with van der Waals surface area (Å²) in [6.45, 7) is 4.07. The van der Waals surface area contributed by atoms with Crippen LogP contribution in [0.15, 0.2) is 24.3 Å². The van der Waals surface area contributed by atoms with Gasteiger partial charge in [-0.2, -0.15) is 0 Å². The van der Waals surface area contributed by atoms with Crippen molar-refractivity contribution < 1.29 is 24.5 Å². The molecule has 0 radical (unpaired) electrons. The van der Waals surface area contributed by atoms with Crippen LogP contribution in [0.25, 0.3) is 0 Å². The van der Waals surface area contributed by atoms with Gasteiger partial charge < -0.3 is 19.7 Å². The molecular formula is C15H20O5. The summed E-state index contributed by atoms with van der Waals surface area (Å²) in [6, 6.07) is 6.60. The molecule has 0 bridgehead atoms. The molecule has 1 aromatic carbocycles. The van der Waals surface area contributed by atoms with Crippen LogP contribution >= 0.6 is 0 Å². The predicted molar refractivity (Wildman–Crippen MR) is 72.5 cm³/mol. The molecule has 1 saturated heterocycles. The van der Waals surface area contributed by atoms with Crippen LogP contribution in [-0.2, 0) is 20.7 Å². The normalized spacial score (nSPS) is 22.6. The Morgan fingerprint density at radius 2 is 2.05 bits per heavy atom. The van der Waals surface area contributed by atoms with Gasteiger partial charge in [-0.3, -0.25) is 4.79 Å². The highest BCUT2D eigenvalue weighted by atomic mass is 16.7. The minimum atomic E-state index is -0.841. The molecule has 1 heterocycles. The summed E-state index contributed by atoms with van der Waals surface area (Å²) in [5.74, 6) is -1.82. The number of aliphatic carboxylic acids is 1. The largest absolute Gasteiger partial charge is 0.508 e. The van der Waals surface area contributed by atoms with E-state index < -0.39 is 17.7 Å². The zero-order valence-electron chi connectivity index (χ0n) is 11.7. The van der Waals surface area contributed by atoms with Crippen molar-refractivity contribution in [3.8, 4) is 5.75 Å². The van der Waals surface area contributed by atoms with Gasteiger partial charge in [0.2, 0.25) is 0 Å². The number of carbonyl (C=O) groups is 1. The zero-order valence-corrected chi connectivity index (χ0v) is 11.7. The molecule has 1 aliphatic rings. The molecular weight excluding hydrogens is 260 g/mol. The number of phenols is 1. The SMILES string of the molecule is CC1(C)OCC(C[C@H](Cc2ccc(O)cc2)C(=O)O)O1. The van der Waals surface area contributed by atoms with Gasteiger partial charge in [-0.15, -0.1) is 0 Å². The Morgan fingerprint density at radius 1 is 1.40 bits per heavy atom. The van der Waals surface area contributed by atoms with Gasteiger partial charge in [0.05, 0.1) is 18.6 Å². The van der Waals surface area contributed by atoms with Crippen LogP contribution in [-0.4, -0.2) is 34.7 Å². The smallest absolute Gasteiger partial charge is 0.306 e. The molecule has 0 amide bonds. The summed E-state index contributed by atoms with van der Waals surface area (Å²) < 4.78 is 11.1. The first-order valence-electron chi connectivity index (χ1n) is 6.68. The van der Waals surface area contributed by atoms with E-state index in [-0.39, 0.29) is 11.9 Å². The monoisotopic (exact) mass is 280 g/mol. The third kappa shape index (κ3) is 3.95. The highest BCUT2D eigenvalue weighted by molar-refractivity contribution is 5.70. The van der Waals surface area contributed by atoms with Crippen molar-refractivity contribution in [1.82, 2.24) is 0 Å². The molecule has 1 aromatic rings. The van der Waals surface area contributed by atoms with E-state index in [1.54, 1.807) is 24.3 Å². The number of phenolic OH excluding ortho intramolecular Hbond substituents is 1. The van der Waals surface area contributed by atoms with E-state index in [9.17, 15) is 15.0 Å². The van der Waals surface area contributed by atoms with Gasteiger partial charge >= 0.3 is 5.97 Å². The second-order valence-corrected chi connectivity index (χ2v) is 5.59. The minimum Gasteiger partial charge on any atom is -0.508 e. The lowest BCUT2D eigenvalue weighted by atomic mass is 9.94. The molecule has 2 atom stereocenters. The second kappa shape index (κ2) is 5.81. The Bertz CT molecular complexity index is 466. The molecule has 1 fully saturated rings. The van der Waals surface area contributed by atoms with Crippen LogP contribution in [0.4, 0.5) is 0 Å². The van der Waals surface area contributed by atoms with Gasteiger partial charge in [0.25, 0.3) is 0 Å². The van der Waals surface area contributed by atoms with E-state index >= 15 is 0 Å². The molecule has 2 N–H and O–H groups in total. The number of hydrogen-bond donors (Lipinski definition) is 2. The average Bonchev–Trinajstić information content (AvgIpc) is 2.70. The Kier molecular flexibility index (Phi) is 4.30. The van der Waals surface area contributed by atoms with Gasteiger partial charge in [0.1, 0.15) is 5.75 Å². The molecule has 5 heteroatoms. The summed E-state index contributed by atoms with van der Waals surface area (Å²) in [7, 11) is 0. The molecule has 1 unspecified atom stereocenters. The van der Waals surface area contributed by atoms with Crippen molar-refractivity contribution in [2.45, 2.75) is 38.6 Å². The lowest BCUT2D eigenvalue weighted by Crippen LogP contribution is -2.26. The third-order valence-corrected chi connectivity index (χ3v) is 3.38. The fourth-order valence-electron chi connectivity index (χ4n) is 2.38. The van der Waals surface area contributed by atoms with E-state index in [0.717, 1.165) is 5.56 Å². The maximum Gasteiger partial charge on any atom is 0.306 e. The number of carboxylic acids is 1. The summed E-state index contributed by atoms with van der Waals surface area (Å²) in [5.41, 5.74) is 0.883. The van der Waals surface area contributed by atoms with Crippen molar-refractivity contribution in [3.05, 3.63) is 29.8 Å². The van der Waals surface area contributed by atoms with Gasteiger partial charge in [-0.1, -0.05) is 12.1 Å². The van der Waals surface area contributed by atoms with Crippen molar-refractivity contribution in [2.24, 2.45) is 5.92 Å². The van der Waals surface area contributed by atoms with Crippen LogP contribution in [0, 0.1) is 5.92 Å². The Labute approximate surface area is 118 Å². The molecule has 5 nitrogen and oxygen atoms in total. The van der Waals surface area contributed by atoms with Gasteiger partial charge in [-0.05, 0) is 44.4 Å². The van der Waals surface area contributed by atoms with Crippen LogP contribution < -0.4 is 0 Å². The quantitative estimate of drug-likeness (QED) is 0.864. The van der Waals surface area contributed by atoms with Crippen LogP contribution in [0.5, 0.6) is 5.75 Å². The van der Waals surface area contributed by atoms with Crippen molar-refractivity contribution >= 4 is 5.97 Å². The molecule has 1 aliphatic heterocycles. The van der Waals surface area contributed by atoms with E-state index in [1.807, 2.05) is 13.8 Å². The predicted octanol–water partition coefficient (Wildman–Crippen LogP) is 2.18. The molecule has 110 valence electrons. The third-order valence-electron chi connectivity index (χ3n) is 3.38.